The van der Waals surface area contributed by atoms with Crippen molar-refractivity contribution in [1.82, 2.24) is 10.3 Å². The van der Waals surface area contributed by atoms with Crippen LogP contribution in [0.5, 0.6) is 0 Å². The van der Waals surface area contributed by atoms with E-state index in [1.807, 2.05) is 44.2 Å². The van der Waals surface area contributed by atoms with Crippen LogP contribution in [0.4, 0.5) is 0 Å². The van der Waals surface area contributed by atoms with Gasteiger partial charge in [-0.2, -0.15) is 0 Å². The molecule has 0 spiro atoms. The normalized spacial score (nSPS) is 14.7. The summed E-state index contributed by atoms with van der Waals surface area (Å²) in [6.45, 7) is 6.21. The largest absolute Gasteiger partial charge is 0.440 e. The molecule has 4 heteroatoms. The number of amides is 1. The maximum atomic E-state index is 12.7. The molecule has 1 fully saturated rings. The van der Waals surface area contributed by atoms with Crippen LogP contribution in [0.2, 0.25) is 0 Å². The molecule has 2 aromatic rings. The molecule has 0 radical (unpaired) electrons. The Bertz CT molecular complexity index is 685. The van der Waals surface area contributed by atoms with Crippen LogP contribution in [0, 0.1) is 0 Å². The van der Waals surface area contributed by atoms with Gasteiger partial charge < -0.3 is 9.73 Å². The molecule has 1 amide bonds. The molecule has 1 aliphatic carbocycles. The Balaban J connectivity index is 1.89. The van der Waals surface area contributed by atoms with Gasteiger partial charge in [0.2, 0.25) is 5.89 Å². The van der Waals surface area contributed by atoms with Crippen molar-refractivity contribution in [3.63, 3.8) is 0 Å². The quantitative estimate of drug-likeness (QED) is 0.852. The smallest absolute Gasteiger partial charge is 0.273 e. The second-order valence-electron chi connectivity index (χ2n) is 6.96. The second kappa shape index (κ2) is 6.19. The molecule has 1 saturated carbocycles. The number of rotatable bonds is 6. The SMILES string of the molecule is CCCC(C)(C)NC(=O)c1nc(-c2ccccc2)oc1C1CC1. The van der Waals surface area contributed by atoms with Gasteiger partial charge in [0.25, 0.3) is 5.91 Å². The lowest BCUT2D eigenvalue weighted by molar-refractivity contribution is 0.0902. The molecule has 122 valence electrons. The summed E-state index contributed by atoms with van der Waals surface area (Å²) in [5.74, 6) is 1.49. The predicted octanol–water partition coefficient (Wildman–Crippen LogP) is 4.53. The van der Waals surface area contributed by atoms with E-state index in [0.717, 1.165) is 37.0 Å². The van der Waals surface area contributed by atoms with Crippen LogP contribution >= 0.6 is 0 Å². The molecule has 1 aromatic carbocycles. The molecule has 1 aromatic heterocycles. The molecule has 0 unspecified atom stereocenters. The topological polar surface area (TPSA) is 55.1 Å². The predicted molar refractivity (Wildman–Crippen MR) is 90.4 cm³/mol. The van der Waals surface area contributed by atoms with Gasteiger partial charge in [0.15, 0.2) is 5.69 Å². The second-order valence-corrected chi connectivity index (χ2v) is 6.96. The van der Waals surface area contributed by atoms with E-state index in [9.17, 15) is 4.79 Å². The molecule has 23 heavy (non-hydrogen) atoms. The first-order valence-electron chi connectivity index (χ1n) is 8.39. The number of benzene rings is 1. The van der Waals surface area contributed by atoms with Crippen LogP contribution in [0.15, 0.2) is 34.7 Å². The van der Waals surface area contributed by atoms with Crippen molar-refractivity contribution >= 4 is 5.91 Å². The number of nitrogens with zero attached hydrogens (tertiary/aromatic N) is 1. The minimum absolute atomic E-state index is 0.128. The van der Waals surface area contributed by atoms with E-state index in [4.69, 9.17) is 4.42 Å². The van der Waals surface area contributed by atoms with Gasteiger partial charge in [0.1, 0.15) is 5.76 Å². The first-order chi connectivity index (χ1) is 11.0. The maximum Gasteiger partial charge on any atom is 0.273 e. The van der Waals surface area contributed by atoms with Crippen LogP contribution < -0.4 is 5.32 Å². The minimum atomic E-state index is -0.238. The van der Waals surface area contributed by atoms with Crippen LogP contribution in [-0.4, -0.2) is 16.4 Å². The molecule has 1 N–H and O–H groups in total. The van der Waals surface area contributed by atoms with Crippen LogP contribution in [0.3, 0.4) is 0 Å². The Morgan fingerprint density at radius 1 is 1.30 bits per heavy atom. The van der Waals surface area contributed by atoms with Crippen molar-refractivity contribution in [1.29, 1.82) is 0 Å². The van der Waals surface area contributed by atoms with Crippen molar-refractivity contribution in [2.75, 3.05) is 0 Å². The van der Waals surface area contributed by atoms with Gasteiger partial charge in [-0.3, -0.25) is 4.79 Å². The average Bonchev–Trinajstić information content (AvgIpc) is 3.26. The number of aromatic nitrogens is 1. The lowest BCUT2D eigenvalue weighted by atomic mass is 9.98. The number of oxazole rings is 1. The summed E-state index contributed by atoms with van der Waals surface area (Å²) < 4.78 is 5.95. The molecule has 0 saturated heterocycles. The Hall–Kier alpha value is -2.10. The third kappa shape index (κ3) is 3.63. The summed E-state index contributed by atoms with van der Waals surface area (Å²) in [5, 5.41) is 3.10. The van der Waals surface area contributed by atoms with E-state index < -0.39 is 0 Å². The molecule has 0 bridgehead atoms. The number of hydrogen-bond donors (Lipinski definition) is 1. The Kier molecular flexibility index (Phi) is 4.24. The highest BCUT2D eigenvalue weighted by Crippen LogP contribution is 2.43. The van der Waals surface area contributed by atoms with Gasteiger partial charge in [-0.05, 0) is 45.2 Å². The highest BCUT2D eigenvalue weighted by Gasteiger charge is 2.35. The zero-order chi connectivity index (χ0) is 16.4. The first-order valence-corrected chi connectivity index (χ1v) is 8.39. The van der Waals surface area contributed by atoms with E-state index in [2.05, 4.69) is 17.2 Å². The monoisotopic (exact) mass is 312 g/mol. The fraction of sp³-hybridized carbons (Fsp3) is 0.474. The maximum absolute atomic E-state index is 12.7. The Morgan fingerprint density at radius 3 is 2.61 bits per heavy atom. The highest BCUT2D eigenvalue weighted by atomic mass is 16.4. The summed E-state index contributed by atoms with van der Waals surface area (Å²) in [7, 11) is 0. The van der Waals surface area contributed by atoms with Crippen molar-refractivity contribution in [3.8, 4) is 11.5 Å². The average molecular weight is 312 g/mol. The zero-order valence-electron chi connectivity index (χ0n) is 14.1. The minimum Gasteiger partial charge on any atom is -0.440 e. The zero-order valence-corrected chi connectivity index (χ0v) is 14.1. The number of nitrogens with one attached hydrogen (secondary N) is 1. The van der Waals surface area contributed by atoms with Crippen LogP contribution in [-0.2, 0) is 0 Å². The van der Waals surface area contributed by atoms with Crippen molar-refractivity contribution in [2.24, 2.45) is 0 Å². The number of carbonyl (C=O) groups excluding carboxylic acids is 1. The van der Waals surface area contributed by atoms with Crippen molar-refractivity contribution in [3.05, 3.63) is 41.8 Å². The summed E-state index contributed by atoms with van der Waals surface area (Å²) >= 11 is 0. The number of carbonyl (C=O) groups is 1. The van der Waals surface area contributed by atoms with Crippen LogP contribution in [0.25, 0.3) is 11.5 Å². The van der Waals surface area contributed by atoms with E-state index in [0.29, 0.717) is 17.5 Å². The summed E-state index contributed by atoms with van der Waals surface area (Å²) in [5.41, 5.74) is 1.12. The van der Waals surface area contributed by atoms with Crippen molar-refractivity contribution in [2.45, 2.75) is 57.9 Å². The first kappa shape index (κ1) is 15.8. The van der Waals surface area contributed by atoms with Gasteiger partial charge in [-0.1, -0.05) is 31.5 Å². The lowest BCUT2D eigenvalue weighted by Crippen LogP contribution is -2.43. The molecule has 1 heterocycles. The fourth-order valence-corrected chi connectivity index (χ4v) is 2.88. The van der Waals surface area contributed by atoms with E-state index in [1.54, 1.807) is 0 Å². The molecule has 1 aliphatic rings. The highest BCUT2D eigenvalue weighted by molar-refractivity contribution is 5.94. The standard InChI is InChI=1S/C19H24N2O2/c1-4-12-19(2,3)21-17(22)15-16(13-10-11-13)23-18(20-15)14-8-6-5-7-9-14/h5-9,13H,4,10-12H2,1-3H3,(H,21,22). The molecule has 4 nitrogen and oxygen atoms in total. The fourth-order valence-electron chi connectivity index (χ4n) is 2.88. The summed E-state index contributed by atoms with van der Waals surface area (Å²) in [6.07, 6.45) is 4.10. The van der Waals surface area contributed by atoms with E-state index in [1.165, 1.54) is 0 Å². The number of hydrogen-bond acceptors (Lipinski definition) is 3. The van der Waals surface area contributed by atoms with E-state index >= 15 is 0 Å². The van der Waals surface area contributed by atoms with Gasteiger partial charge in [0, 0.05) is 17.0 Å². The lowest BCUT2D eigenvalue weighted by Gasteiger charge is -2.25. The third-order valence-electron chi connectivity index (χ3n) is 4.16. The Labute approximate surface area is 137 Å². The Morgan fingerprint density at radius 2 is 2.00 bits per heavy atom. The van der Waals surface area contributed by atoms with Gasteiger partial charge >= 0.3 is 0 Å². The molecule has 0 aliphatic heterocycles. The molecular weight excluding hydrogens is 288 g/mol. The molecular formula is C19H24N2O2. The van der Waals surface area contributed by atoms with Gasteiger partial charge in [-0.25, -0.2) is 4.98 Å². The van der Waals surface area contributed by atoms with Crippen LogP contribution in [0.1, 0.15) is 68.6 Å². The van der Waals surface area contributed by atoms with Gasteiger partial charge in [-0.15, -0.1) is 0 Å². The van der Waals surface area contributed by atoms with Crippen molar-refractivity contribution < 1.29 is 9.21 Å². The third-order valence-corrected chi connectivity index (χ3v) is 4.16. The molecule has 0 atom stereocenters. The summed E-state index contributed by atoms with van der Waals surface area (Å²) in [6, 6.07) is 9.74. The molecule has 3 rings (SSSR count). The van der Waals surface area contributed by atoms with E-state index in [-0.39, 0.29) is 11.4 Å². The van der Waals surface area contributed by atoms with Gasteiger partial charge in [0.05, 0.1) is 0 Å². The summed E-state index contributed by atoms with van der Waals surface area (Å²) in [4.78, 5) is 17.2.